The van der Waals surface area contributed by atoms with Gasteiger partial charge in [0.25, 0.3) is 0 Å². The molecular formula is C114H216N18O7. The third kappa shape index (κ3) is 35.9. The molecule has 0 saturated carbocycles. The van der Waals surface area contributed by atoms with Gasteiger partial charge in [-0.1, -0.05) is 40.2 Å². The predicted octanol–water partition coefficient (Wildman–Crippen LogP) is 15.2. The maximum Gasteiger partial charge on any atom is 0.143 e. The van der Waals surface area contributed by atoms with Crippen LogP contribution in [0.2, 0.25) is 0 Å². The molecular weight excluding hydrogens is 1730 g/mol. The number of piperazine rings is 2. The van der Waals surface area contributed by atoms with Crippen LogP contribution in [0.3, 0.4) is 0 Å². The minimum Gasteiger partial charge on any atom is -0.512 e. The van der Waals surface area contributed by atoms with Crippen LogP contribution < -0.4 is 0 Å². The second-order valence-electron chi connectivity index (χ2n) is 53.9. The van der Waals surface area contributed by atoms with Gasteiger partial charge in [0.05, 0.1) is 68.8 Å². The van der Waals surface area contributed by atoms with Gasteiger partial charge in [0, 0.05) is 219 Å². The van der Waals surface area contributed by atoms with Crippen LogP contribution in [0.5, 0.6) is 0 Å². The highest BCUT2D eigenvalue weighted by atomic mass is 16.3. The molecule has 17 aliphatic rings. The molecule has 0 aromatic rings. The largest absolute Gasteiger partial charge is 0.512 e. The van der Waals surface area contributed by atoms with Crippen molar-refractivity contribution in [3.63, 3.8) is 0 Å². The second kappa shape index (κ2) is 50.6. The molecule has 139 heavy (non-hydrogen) atoms. The van der Waals surface area contributed by atoms with E-state index in [0.29, 0.717) is 171 Å². The fourth-order valence-electron chi connectivity index (χ4n) is 26.6. The van der Waals surface area contributed by atoms with Crippen molar-refractivity contribution in [3.8, 4) is 0 Å². The number of ketones is 3. The van der Waals surface area contributed by atoms with E-state index in [4.69, 9.17) is 10.2 Å². The van der Waals surface area contributed by atoms with Gasteiger partial charge in [0.2, 0.25) is 0 Å². The third-order valence-electron chi connectivity index (χ3n) is 35.5. The molecule has 17 rings (SSSR count). The number of nitrogens with zero attached hydrogens (tertiary/aromatic N) is 18. The molecule has 2 bridgehead atoms. The molecule has 0 aromatic heterocycles. The summed E-state index contributed by atoms with van der Waals surface area (Å²) in [6, 6.07) is 4.41. The first-order valence-electron chi connectivity index (χ1n) is 55.8. The molecule has 17 saturated heterocycles. The maximum atomic E-state index is 11.2. The van der Waals surface area contributed by atoms with E-state index in [-0.39, 0.29) is 0 Å². The Balaban J connectivity index is 0.000000175. The summed E-state index contributed by atoms with van der Waals surface area (Å²) in [6.45, 7) is 124. The van der Waals surface area contributed by atoms with Crippen LogP contribution in [0.25, 0.3) is 0 Å². The van der Waals surface area contributed by atoms with Crippen LogP contribution in [0, 0.1) is 44.3 Å². The Morgan fingerprint density at radius 1 is 0.273 bits per heavy atom. The van der Waals surface area contributed by atoms with Gasteiger partial charge in [0.1, 0.15) is 17.3 Å². The van der Waals surface area contributed by atoms with Crippen molar-refractivity contribution in [3.05, 3.63) is 49.4 Å². The van der Waals surface area contributed by atoms with Crippen LogP contribution in [0.15, 0.2) is 49.4 Å². The summed E-state index contributed by atoms with van der Waals surface area (Å²) in [7, 11) is 0. The molecule has 0 amide bonds. The highest BCUT2D eigenvalue weighted by molar-refractivity contribution is 5.78. The monoisotopic (exact) mass is 1950 g/mol. The molecule has 0 aromatic carbocycles. The molecule has 17 aliphatic heterocycles. The number of hydrogen-bond donors (Lipinski definition) is 4. The number of carbonyl (C=O) groups is 3. The topological polar surface area (TPSA) is 190 Å². The Morgan fingerprint density at radius 3 is 0.935 bits per heavy atom. The third-order valence-corrected chi connectivity index (χ3v) is 35.5. The molecule has 4 unspecified atom stereocenters. The van der Waals surface area contributed by atoms with E-state index in [1.54, 1.807) is 20.8 Å². The fraction of sp³-hybridized carbons (Fsp3) is 0.904. The van der Waals surface area contributed by atoms with E-state index in [2.05, 4.69) is 288 Å². The molecule has 4 N–H and O–H groups in total. The van der Waals surface area contributed by atoms with Crippen LogP contribution >= 0.6 is 0 Å². The van der Waals surface area contributed by atoms with Crippen molar-refractivity contribution in [1.82, 2.24) is 88.2 Å². The minimum atomic E-state index is 0.295. The van der Waals surface area contributed by atoms with Gasteiger partial charge in [-0.2, -0.15) is 0 Å². The van der Waals surface area contributed by atoms with Crippen molar-refractivity contribution in [2.75, 3.05) is 281 Å². The minimum absolute atomic E-state index is 0.295. The van der Waals surface area contributed by atoms with Gasteiger partial charge < -0.3 is 40.0 Å². The molecule has 6 spiro atoms. The number of fused-ring (bicyclic) bond motifs is 3. The molecule has 17 fully saturated rings. The summed E-state index contributed by atoms with van der Waals surface area (Å²) in [5.41, 5.74) is 4.91. The van der Waals surface area contributed by atoms with Crippen LogP contribution in [0.1, 0.15) is 277 Å². The zero-order chi connectivity index (χ0) is 103. The normalized spacial score (nSPS) is 27.3. The lowest BCUT2D eigenvalue weighted by atomic mass is 9.70. The van der Waals surface area contributed by atoms with Crippen molar-refractivity contribution in [2.45, 2.75) is 341 Å². The Kier molecular flexibility index (Phi) is 43.3. The highest BCUT2D eigenvalue weighted by Gasteiger charge is 2.54. The van der Waals surface area contributed by atoms with Gasteiger partial charge >= 0.3 is 0 Å². The van der Waals surface area contributed by atoms with E-state index >= 15 is 0 Å². The number of piperidine rings is 4. The molecule has 17 heterocycles. The predicted molar refractivity (Wildman–Crippen MR) is 581 cm³/mol. The first-order valence-corrected chi connectivity index (χ1v) is 55.8. The summed E-state index contributed by atoms with van der Waals surface area (Å²) in [4.78, 5) is 78.0. The fourth-order valence-corrected chi connectivity index (χ4v) is 26.6. The number of likely N-dealkylation sites (tertiary alicyclic amines) is 16. The number of aliphatic hydroxyl groups excluding tert-OH is 4. The van der Waals surface area contributed by atoms with Crippen molar-refractivity contribution < 1.29 is 34.8 Å². The Bertz CT molecular complexity index is 3750. The van der Waals surface area contributed by atoms with Crippen LogP contribution in [-0.2, 0) is 14.4 Å². The van der Waals surface area contributed by atoms with Crippen LogP contribution in [-0.4, -0.2) is 471 Å². The number of carbonyl (C=O) groups excluding carboxylic acids is 3. The average Bonchev–Trinajstić information content (AvgIpc) is 1.67. The number of hydrogen-bond acceptors (Lipinski definition) is 25. The standard InChI is InChI=1S/C15H28N2O.3C14H26N2O.3C12H22N2O.C11H22N2.C10H22N2/c1-13(18)11-16-8-5-15(12-16)6-9-17(10-7-15)14(2,3)4;1-12(17)9-15-10-14(11-15)5-7-16(8-6-14)13(2,3)4;1-12(17)9-15-7-5-14(6-8-15)10-16(11-14)13(2,3)4;1-12(2)16-9-6-14(11-16)4-7-15(8-5-14)10-13(3)17;1-9(2)14-7-11-5-13(4-10(3)15)6-12(11)8-14;1-10(2)14-5-4-12(9-14)7-13(8-12)6-11(3)15;1-10(2)14-8-12(9-14)4-5-13(7-12)6-11(3)15;1-5-12-7-10-6-9(12)8-13(10)11(2,3)4;1-5-11-6-8-12(9-7-11)10(2,3)4/h5-12H2,1-4H3;2*17H,1,5-11H2,2-4H3;12H,4-11H2,1-3H3;9,11-12,15H,3-8H2,1-2H3;10,15H,3-9H2,1-2H3;10H,4-9H2,1-3H3;9-10H,5-8H2,1-4H3;5-9H2,1-4H3. The first-order chi connectivity index (χ1) is 64.6. The SMILES string of the molecule is C=C(O)CN1CC2(CCN(C(C)(C)C)CC2)C1.C=C(O)CN1CC2(CCN(C(C)C)C2)C1.C=C(O)CN1CC2CN(C(C)C)CC2C1.C=C(O)CN1CCC2(CC1)CN(C(C)(C)C)C2.CC(=O)CN1CCC2(C1)CN(C(C)C)C2.CC(=O)CN1CCC2(CC1)CCN(C(C)C)C2.CC(=O)CN1CCC2(CCN(C(C)(C)C)CC2)C1.CCN1CC2CC1CN2C(C)(C)C.CCN1CCN(C(C)(C)C)CC1. The molecule has 25 nitrogen and oxygen atoms in total. The number of Topliss-reactive ketones (excluding diaryl/α,β-unsaturated/α-hetero) is 3. The lowest BCUT2D eigenvalue weighted by Crippen LogP contribution is -2.65. The quantitative estimate of drug-likeness (QED) is 0.0841. The first kappa shape index (κ1) is 119. The van der Waals surface area contributed by atoms with E-state index in [1.807, 2.05) is 0 Å². The maximum absolute atomic E-state index is 11.2. The lowest BCUT2D eigenvalue weighted by molar-refractivity contribution is -0.119. The summed E-state index contributed by atoms with van der Waals surface area (Å²) < 4.78 is 0. The highest BCUT2D eigenvalue weighted by Crippen LogP contribution is 2.48. The Morgan fingerprint density at radius 2 is 0.568 bits per heavy atom. The van der Waals surface area contributed by atoms with Crippen molar-refractivity contribution in [1.29, 1.82) is 0 Å². The molecule has 0 aliphatic carbocycles. The van der Waals surface area contributed by atoms with Gasteiger partial charge in [-0.05, 0) is 389 Å². The Hall–Kier alpha value is -3.55. The summed E-state index contributed by atoms with van der Waals surface area (Å²) >= 11 is 0. The van der Waals surface area contributed by atoms with Gasteiger partial charge in [0.15, 0.2) is 0 Å². The zero-order valence-electron chi connectivity index (χ0n) is 95.1. The number of aliphatic hydroxyl groups is 4. The van der Waals surface area contributed by atoms with Gasteiger partial charge in [-0.15, -0.1) is 0 Å². The zero-order valence-corrected chi connectivity index (χ0v) is 95.1. The van der Waals surface area contributed by atoms with Gasteiger partial charge in [-0.3, -0.25) is 83.0 Å². The van der Waals surface area contributed by atoms with E-state index < -0.39 is 0 Å². The van der Waals surface area contributed by atoms with Crippen LogP contribution in [0.4, 0.5) is 0 Å². The number of rotatable bonds is 20. The van der Waals surface area contributed by atoms with E-state index in [9.17, 15) is 24.6 Å². The molecule has 804 valence electrons. The second-order valence-corrected chi connectivity index (χ2v) is 53.9. The van der Waals surface area contributed by atoms with E-state index in [0.717, 1.165) is 116 Å². The molecule has 0 radical (unpaired) electrons. The van der Waals surface area contributed by atoms with E-state index in [1.165, 1.54) is 227 Å². The van der Waals surface area contributed by atoms with Crippen molar-refractivity contribution >= 4 is 17.3 Å². The Labute approximate surface area is 852 Å². The average molecular weight is 1950 g/mol. The summed E-state index contributed by atoms with van der Waals surface area (Å²) in [5, 5.41) is 36.7. The van der Waals surface area contributed by atoms with Gasteiger partial charge in [-0.25, -0.2) is 0 Å². The summed E-state index contributed by atoms with van der Waals surface area (Å²) in [6.07, 6.45) is 17.0. The number of likely N-dealkylation sites (N-methyl/N-ethyl adjacent to an activating group) is 2. The smallest absolute Gasteiger partial charge is 0.143 e. The molecule has 25 heteroatoms. The lowest BCUT2D eigenvalue weighted by Gasteiger charge is -2.58. The summed E-state index contributed by atoms with van der Waals surface area (Å²) in [5.74, 6) is 3.72. The molecule has 4 atom stereocenters. The van der Waals surface area contributed by atoms with Crippen molar-refractivity contribution in [2.24, 2.45) is 44.3 Å².